The number of aliphatic hydroxyl groups excluding tert-OH is 2. The topological polar surface area (TPSA) is 58.9 Å². The highest BCUT2D eigenvalue weighted by Crippen LogP contribution is 2.28. The fraction of sp³-hybridized carbons (Fsp3) is 0.400. The number of methoxy groups -OCH3 is 2. The van der Waals surface area contributed by atoms with Gasteiger partial charge in [0.2, 0.25) is 0 Å². The standard InChI is InChI=1S/C10H14O4/c1-13-8-3-7(5-11)9(6-12)10(4-8)14-2/h3-4,11-12H,5-6H2,1-2H3. The Morgan fingerprint density at radius 3 is 2.21 bits per heavy atom. The third kappa shape index (κ3) is 1.97. The average Bonchev–Trinajstić information content (AvgIpc) is 2.26. The lowest BCUT2D eigenvalue weighted by atomic mass is 10.1. The zero-order chi connectivity index (χ0) is 10.6. The van der Waals surface area contributed by atoms with Crippen LogP contribution in [0.4, 0.5) is 0 Å². The first-order valence-electron chi connectivity index (χ1n) is 4.22. The predicted octanol–water partition coefficient (Wildman–Crippen LogP) is 0.688. The van der Waals surface area contributed by atoms with E-state index in [2.05, 4.69) is 0 Å². The van der Waals surface area contributed by atoms with Crippen LogP contribution in [-0.2, 0) is 13.2 Å². The van der Waals surface area contributed by atoms with Crippen molar-refractivity contribution >= 4 is 0 Å². The molecule has 4 nitrogen and oxygen atoms in total. The maximum Gasteiger partial charge on any atom is 0.128 e. The van der Waals surface area contributed by atoms with Crippen molar-refractivity contribution in [1.29, 1.82) is 0 Å². The Kier molecular flexibility index (Phi) is 3.73. The molecule has 2 N–H and O–H groups in total. The fourth-order valence-corrected chi connectivity index (χ4v) is 1.30. The van der Waals surface area contributed by atoms with Crippen molar-refractivity contribution in [3.05, 3.63) is 23.3 Å². The maximum absolute atomic E-state index is 9.09. The summed E-state index contributed by atoms with van der Waals surface area (Å²) in [6, 6.07) is 3.35. The van der Waals surface area contributed by atoms with E-state index in [1.807, 2.05) is 0 Å². The maximum atomic E-state index is 9.09. The van der Waals surface area contributed by atoms with Gasteiger partial charge in [0.15, 0.2) is 0 Å². The molecule has 0 saturated carbocycles. The normalized spacial score (nSPS) is 10.0. The number of benzene rings is 1. The highest BCUT2D eigenvalue weighted by molar-refractivity contribution is 5.46. The molecule has 0 aliphatic carbocycles. The van der Waals surface area contributed by atoms with Crippen molar-refractivity contribution in [3.63, 3.8) is 0 Å². The van der Waals surface area contributed by atoms with E-state index in [0.717, 1.165) is 0 Å². The van der Waals surface area contributed by atoms with Crippen LogP contribution in [0.5, 0.6) is 11.5 Å². The van der Waals surface area contributed by atoms with Crippen LogP contribution in [0.3, 0.4) is 0 Å². The van der Waals surface area contributed by atoms with Gasteiger partial charge in [-0.25, -0.2) is 0 Å². The van der Waals surface area contributed by atoms with E-state index in [4.69, 9.17) is 19.7 Å². The van der Waals surface area contributed by atoms with Gasteiger partial charge in [0.1, 0.15) is 11.5 Å². The van der Waals surface area contributed by atoms with Crippen LogP contribution >= 0.6 is 0 Å². The molecule has 0 aliphatic rings. The van der Waals surface area contributed by atoms with Gasteiger partial charge in [-0.15, -0.1) is 0 Å². The fourth-order valence-electron chi connectivity index (χ4n) is 1.30. The van der Waals surface area contributed by atoms with Gasteiger partial charge in [0, 0.05) is 11.6 Å². The summed E-state index contributed by atoms with van der Waals surface area (Å²) < 4.78 is 10.1. The Morgan fingerprint density at radius 1 is 1.07 bits per heavy atom. The Balaban J connectivity index is 3.24. The largest absolute Gasteiger partial charge is 0.497 e. The molecule has 0 heterocycles. The summed E-state index contributed by atoms with van der Waals surface area (Å²) in [5, 5.41) is 18.2. The van der Waals surface area contributed by atoms with E-state index in [-0.39, 0.29) is 13.2 Å². The molecular weight excluding hydrogens is 184 g/mol. The molecule has 1 aromatic rings. The summed E-state index contributed by atoms with van der Waals surface area (Å²) in [7, 11) is 3.05. The zero-order valence-electron chi connectivity index (χ0n) is 8.28. The van der Waals surface area contributed by atoms with Gasteiger partial charge in [-0.2, -0.15) is 0 Å². The molecule has 0 bridgehead atoms. The predicted molar refractivity (Wildman–Crippen MR) is 51.4 cm³/mol. The number of ether oxygens (including phenoxy) is 2. The van der Waals surface area contributed by atoms with Crippen molar-refractivity contribution in [1.82, 2.24) is 0 Å². The summed E-state index contributed by atoms with van der Waals surface area (Å²) >= 11 is 0. The first kappa shape index (κ1) is 10.8. The molecule has 0 aliphatic heterocycles. The molecule has 1 aromatic carbocycles. The van der Waals surface area contributed by atoms with E-state index in [1.165, 1.54) is 14.2 Å². The molecule has 0 amide bonds. The lowest BCUT2D eigenvalue weighted by Gasteiger charge is -2.12. The van der Waals surface area contributed by atoms with Gasteiger partial charge >= 0.3 is 0 Å². The molecule has 0 atom stereocenters. The van der Waals surface area contributed by atoms with Crippen LogP contribution in [0, 0.1) is 0 Å². The first-order chi connectivity index (χ1) is 6.76. The molecule has 4 heteroatoms. The van der Waals surface area contributed by atoms with E-state index >= 15 is 0 Å². The van der Waals surface area contributed by atoms with E-state index in [1.54, 1.807) is 12.1 Å². The van der Waals surface area contributed by atoms with Gasteiger partial charge in [0.25, 0.3) is 0 Å². The minimum absolute atomic E-state index is 0.149. The molecular formula is C10H14O4. The lowest BCUT2D eigenvalue weighted by molar-refractivity contribution is 0.253. The summed E-state index contributed by atoms with van der Waals surface area (Å²) in [6.07, 6.45) is 0. The molecule has 0 radical (unpaired) electrons. The second kappa shape index (κ2) is 4.83. The van der Waals surface area contributed by atoms with Gasteiger partial charge in [-0.1, -0.05) is 0 Å². The molecule has 0 fully saturated rings. The molecule has 0 spiro atoms. The minimum Gasteiger partial charge on any atom is -0.497 e. The number of hydrogen-bond donors (Lipinski definition) is 2. The van der Waals surface area contributed by atoms with Gasteiger partial charge in [-0.3, -0.25) is 0 Å². The van der Waals surface area contributed by atoms with Crippen LogP contribution in [0.1, 0.15) is 11.1 Å². The van der Waals surface area contributed by atoms with E-state index in [0.29, 0.717) is 22.6 Å². The van der Waals surface area contributed by atoms with Crippen LogP contribution in [0.2, 0.25) is 0 Å². The average molecular weight is 198 g/mol. The second-order valence-electron chi connectivity index (χ2n) is 2.78. The molecule has 0 unspecified atom stereocenters. The molecule has 14 heavy (non-hydrogen) atoms. The van der Waals surface area contributed by atoms with E-state index in [9.17, 15) is 0 Å². The number of hydrogen-bond acceptors (Lipinski definition) is 4. The molecule has 1 rings (SSSR count). The number of rotatable bonds is 4. The smallest absolute Gasteiger partial charge is 0.128 e. The summed E-state index contributed by atoms with van der Waals surface area (Å²) in [5.74, 6) is 1.12. The number of aliphatic hydroxyl groups is 2. The third-order valence-electron chi connectivity index (χ3n) is 2.06. The van der Waals surface area contributed by atoms with Gasteiger partial charge in [-0.05, 0) is 11.6 Å². The third-order valence-corrected chi connectivity index (χ3v) is 2.06. The summed E-state index contributed by atoms with van der Waals surface area (Å²) in [4.78, 5) is 0. The van der Waals surface area contributed by atoms with Crippen LogP contribution in [0.25, 0.3) is 0 Å². The Labute approximate surface area is 82.7 Å². The van der Waals surface area contributed by atoms with Crippen LogP contribution in [-0.4, -0.2) is 24.4 Å². The highest BCUT2D eigenvalue weighted by atomic mass is 16.5. The summed E-state index contributed by atoms with van der Waals surface area (Å²) in [6.45, 7) is -0.313. The lowest BCUT2D eigenvalue weighted by Crippen LogP contribution is -1.99. The second-order valence-corrected chi connectivity index (χ2v) is 2.78. The van der Waals surface area contributed by atoms with Gasteiger partial charge in [0.05, 0.1) is 27.4 Å². The highest BCUT2D eigenvalue weighted by Gasteiger charge is 2.10. The monoisotopic (exact) mass is 198 g/mol. The Hall–Kier alpha value is -1.26. The van der Waals surface area contributed by atoms with Crippen molar-refractivity contribution in [2.45, 2.75) is 13.2 Å². The van der Waals surface area contributed by atoms with Gasteiger partial charge < -0.3 is 19.7 Å². The molecule has 0 aromatic heterocycles. The quantitative estimate of drug-likeness (QED) is 0.747. The molecule has 0 saturated heterocycles. The Bertz CT molecular complexity index is 284. The van der Waals surface area contributed by atoms with Crippen molar-refractivity contribution in [2.75, 3.05) is 14.2 Å². The minimum atomic E-state index is -0.164. The zero-order valence-corrected chi connectivity index (χ0v) is 8.28. The van der Waals surface area contributed by atoms with E-state index < -0.39 is 0 Å². The first-order valence-corrected chi connectivity index (χ1v) is 4.22. The van der Waals surface area contributed by atoms with Crippen molar-refractivity contribution < 1.29 is 19.7 Å². The SMILES string of the molecule is COc1cc(CO)c(CO)c(OC)c1. The Morgan fingerprint density at radius 2 is 1.79 bits per heavy atom. The van der Waals surface area contributed by atoms with Crippen LogP contribution in [0.15, 0.2) is 12.1 Å². The van der Waals surface area contributed by atoms with Crippen molar-refractivity contribution in [3.8, 4) is 11.5 Å². The summed E-state index contributed by atoms with van der Waals surface area (Å²) in [5.41, 5.74) is 1.21. The van der Waals surface area contributed by atoms with Crippen LogP contribution < -0.4 is 9.47 Å². The molecule has 78 valence electrons. The van der Waals surface area contributed by atoms with Crippen molar-refractivity contribution in [2.24, 2.45) is 0 Å².